The molecule has 0 amide bonds. The van der Waals surface area contributed by atoms with Gasteiger partial charge in [-0.15, -0.1) is 0 Å². The van der Waals surface area contributed by atoms with Crippen LogP contribution in [0.25, 0.3) is 0 Å². The van der Waals surface area contributed by atoms with Gasteiger partial charge in [-0.05, 0) is 25.3 Å². The molecule has 2 aliphatic heterocycles. The van der Waals surface area contributed by atoms with Crippen LogP contribution < -0.4 is 0 Å². The molecule has 0 aliphatic carbocycles. The summed E-state index contributed by atoms with van der Waals surface area (Å²) in [4.78, 5) is 13.5. The number of hydrogen-bond donors (Lipinski definition) is 1. The van der Waals surface area contributed by atoms with E-state index >= 15 is 0 Å². The van der Waals surface area contributed by atoms with Crippen LogP contribution in [0.1, 0.15) is 19.3 Å². The van der Waals surface area contributed by atoms with Gasteiger partial charge in [-0.25, -0.2) is 0 Å². The summed E-state index contributed by atoms with van der Waals surface area (Å²) in [6.07, 6.45) is 2.80. The van der Waals surface area contributed by atoms with Crippen molar-refractivity contribution >= 4 is 5.97 Å². The third-order valence-corrected chi connectivity index (χ3v) is 3.20. The van der Waals surface area contributed by atoms with Crippen molar-refractivity contribution in [3.05, 3.63) is 0 Å². The van der Waals surface area contributed by atoms with Gasteiger partial charge in [0.25, 0.3) is 0 Å². The number of hydrogen-bond acceptors (Lipinski definition) is 4. The van der Waals surface area contributed by atoms with Crippen LogP contribution in [0.2, 0.25) is 0 Å². The van der Waals surface area contributed by atoms with Crippen molar-refractivity contribution < 1.29 is 14.6 Å². The number of carbonyl (C=O) groups excluding carboxylic acids is 1. The maximum atomic E-state index is 11.3. The van der Waals surface area contributed by atoms with Crippen LogP contribution in [0, 0.1) is 5.92 Å². The summed E-state index contributed by atoms with van der Waals surface area (Å²) >= 11 is 0. The highest BCUT2D eigenvalue weighted by atomic mass is 16.5. The molecule has 2 atom stereocenters. The standard InChI is InChI=1S/C10H17NO3/c12-5-2-8-1-4-11(7-8)9-3-6-14-10(9)13/h8-9,12H,1-7H2. The van der Waals surface area contributed by atoms with Gasteiger partial charge in [0.2, 0.25) is 0 Å². The number of likely N-dealkylation sites (tertiary alicyclic amines) is 1. The van der Waals surface area contributed by atoms with Crippen molar-refractivity contribution in [3.8, 4) is 0 Å². The molecule has 4 heteroatoms. The number of rotatable bonds is 3. The molecule has 2 fully saturated rings. The quantitative estimate of drug-likeness (QED) is 0.650. The zero-order valence-corrected chi connectivity index (χ0v) is 8.32. The Balaban J connectivity index is 1.85. The molecule has 2 rings (SSSR count). The molecule has 14 heavy (non-hydrogen) atoms. The van der Waals surface area contributed by atoms with E-state index in [9.17, 15) is 4.79 Å². The molecular formula is C10H17NO3. The average Bonchev–Trinajstić information content (AvgIpc) is 2.74. The van der Waals surface area contributed by atoms with E-state index < -0.39 is 0 Å². The normalized spacial score (nSPS) is 33.6. The second-order valence-electron chi connectivity index (χ2n) is 4.13. The van der Waals surface area contributed by atoms with E-state index in [2.05, 4.69) is 4.90 Å². The van der Waals surface area contributed by atoms with E-state index in [0.717, 1.165) is 32.4 Å². The first kappa shape index (κ1) is 9.93. The smallest absolute Gasteiger partial charge is 0.323 e. The van der Waals surface area contributed by atoms with Crippen molar-refractivity contribution in [1.29, 1.82) is 0 Å². The van der Waals surface area contributed by atoms with Gasteiger partial charge < -0.3 is 9.84 Å². The maximum absolute atomic E-state index is 11.3. The van der Waals surface area contributed by atoms with Crippen molar-refractivity contribution in [1.82, 2.24) is 4.90 Å². The van der Waals surface area contributed by atoms with Crippen LogP contribution in [0.5, 0.6) is 0 Å². The van der Waals surface area contributed by atoms with Crippen LogP contribution >= 0.6 is 0 Å². The molecule has 4 nitrogen and oxygen atoms in total. The minimum atomic E-state index is -0.0605. The van der Waals surface area contributed by atoms with Crippen LogP contribution in [0.4, 0.5) is 0 Å². The molecule has 0 bridgehead atoms. The third-order valence-electron chi connectivity index (χ3n) is 3.20. The number of carbonyl (C=O) groups is 1. The van der Waals surface area contributed by atoms with E-state index in [-0.39, 0.29) is 18.6 Å². The number of aliphatic hydroxyl groups is 1. The van der Waals surface area contributed by atoms with Gasteiger partial charge in [0.1, 0.15) is 6.04 Å². The SMILES string of the molecule is O=C1OCCC1N1CCC(CCO)C1. The first-order valence-corrected chi connectivity index (χ1v) is 5.33. The van der Waals surface area contributed by atoms with Gasteiger partial charge in [0, 0.05) is 19.6 Å². The lowest BCUT2D eigenvalue weighted by Crippen LogP contribution is -2.36. The summed E-state index contributed by atoms with van der Waals surface area (Å²) in [5.74, 6) is 0.503. The van der Waals surface area contributed by atoms with E-state index in [0.29, 0.717) is 12.5 Å². The van der Waals surface area contributed by atoms with E-state index in [1.807, 2.05) is 0 Å². The van der Waals surface area contributed by atoms with Crippen LogP contribution in [0.15, 0.2) is 0 Å². The van der Waals surface area contributed by atoms with Gasteiger partial charge in [0.15, 0.2) is 0 Å². The molecule has 2 heterocycles. The topological polar surface area (TPSA) is 49.8 Å². The highest BCUT2D eigenvalue weighted by Crippen LogP contribution is 2.24. The monoisotopic (exact) mass is 199 g/mol. The molecule has 0 aromatic heterocycles. The predicted octanol–water partition coefficient (Wildman–Crippen LogP) is 0.00620. The van der Waals surface area contributed by atoms with Crippen LogP contribution in [0.3, 0.4) is 0 Å². The summed E-state index contributed by atoms with van der Waals surface area (Å²) in [6.45, 7) is 2.75. The molecule has 0 aromatic rings. The Hall–Kier alpha value is -0.610. The Kier molecular flexibility index (Phi) is 3.03. The zero-order valence-electron chi connectivity index (χ0n) is 8.32. The molecule has 2 aliphatic rings. The molecule has 2 saturated heterocycles. The maximum Gasteiger partial charge on any atom is 0.323 e. The number of cyclic esters (lactones) is 1. The summed E-state index contributed by atoms with van der Waals surface area (Å²) in [5, 5.41) is 8.82. The number of esters is 1. The molecule has 0 radical (unpaired) electrons. The highest BCUT2D eigenvalue weighted by Gasteiger charge is 2.36. The fourth-order valence-electron chi connectivity index (χ4n) is 2.38. The Bertz CT molecular complexity index is 219. The fraction of sp³-hybridized carbons (Fsp3) is 0.900. The molecule has 0 saturated carbocycles. The minimum absolute atomic E-state index is 0.00121. The van der Waals surface area contributed by atoms with Crippen LogP contribution in [-0.4, -0.2) is 48.3 Å². The fourth-order valence-corrected chi connectivity index (χ4v) is 2.38. The van der Waals surface area contributed by atoms with Gasteiger partial charge in [-0.3, -0.25) is 9.69 Å². The van der Waals surface area contributed by atoms with Gasteiger partial charge in [-0.2, -0.15) is 0 Å². The minimum Gasteiger partial charge on any atom is -0.464 e. The Morgan fingerprint density at radius 3 is 3.00 bits per heavy atom. The van der Waals surface area contributed by atoms with E-state index in [1.165, 1.54) is 0 Å². The lowest BCUT2D eigenvalue weighted by atomic mass is 10.1. The van der Waals surface area contributed by atoms with Crippen LogP contribution in [-0.2, 0) is 9.53 Å². The Morgan fingerprint density at radius 1 is 1.50 bits per heavy atom. The second kappa shape index (κ2) is 4.28. The van der Waals surface area contributed by atoms with Crippen molar-refractivity contribution in [2.75, 3.05) is 26.3 Å². The third kappa shape index (κ3) is 1.91. The number of ether oxygens (including phenoxy) is 1. The van der Waals surface area contributed by atoms with Crippen molar-refractivity contribution in [2.45, 2.75) is 25.3 Å². The van der Waals surface area contributed by atoms with E-state index in [4.69, 9.17) is 9.84 Å². The zero-order chi connectivity index (χ0) is 9.97. The predicted molar refractivity (Wildman–Crippen MR) is 50.7 cm³/mol. The molecule has 1 N–H and O–H groups in total. The Labute approximate surface area is 83.8 Å². The lowest BCUT2D eigenvalue weighted by Gasteiger charge is -2.19. The number of aliphatic hydroxyl groups excluding tert-OH is 1. The molecule has 2 unspecified atom stereocenters. The van der Waals surface area contributed by atoms with Crippen molar-refractivity contribution in [3.63, 3.8) is 0 Å². The molecule has 80 valence electrons. The molecule has 0 aromatic carbocycles. The summed E-state index contributed by atoms with van der Waals surface area (Å²) < 4.78 is 4.94. The van der Waals surface area contributed by atoms with Crippen molar-refractivity contribution in [2.24, 2.45) is 5.92 Å². The molecular weight excluding hydrogens is 182 g/mol. The largest absolute Gasteiger partial charge is 0.464 e. The van der Waals surface area contributed by atoms with Gasteiger partial charge in [0.05, 0.1) is 6.61 Å². The second-order valence-corrected chi connectivity index (χ2v) is 4.13. The van der Waals surface area contributed by atoms with Gasteiger partial charge in [-0.1, -0.05) is 0 Å². The first-order chi connectivity index (χ1) is 6.81. The summed E-state index contributed by atoms with van der Waals surface area (Å²) in [6, 6.07) is -0.00121. The number of nitrogens with zero attached hydrogens (tertiary/aromatic N) is 1. The molecule has 0 spiro atoms. The average molecular weight is 199 g/mol. The van der Waals surface area contributed by atoms with E-state index in [1.54, 1.807) is 0 Å². The lowest BCUT2D eigenvalue weighted by molar-refractivity contribution is -0.142. The summed E-state index contributed by atoms with van der Waals surface area (Å²) in [5.41, 5.74) is 0. The summed E-state index contributed by atoms with van der Waals surface area (Å²) in [7, 11) is 0. The first-order valence-electron chi connectivity index (χ1n) is 5.33. The Morgan fingerprint density at radius 2 is 2.36 bits per heavy atom. The van der Waals surface area contributed by atoms with Gasteiger partial charge >= 0.3 is 5.97 Å². The highest BCUT2D eigenvalue weighted by molar-refractivity contribution is 5.77.